The summed E-state index contributed by atoms with van der Waals surface area (Å²) in [4.78, 5) is 12.9. The zero-order chi connectivity index (χ0) is 10.7. The first-order chi connectivity index (χ1) is 6.50. The van der Waals surface area contributed by atoms with Crippen LogP contribution in [-0.2, 0) is 0 Å². The Labute approximate surface area is 86.9 Å². The zero-order valence-corrected chi connectivity index (χ0v) is 9.04. The van der Waals surface area contributed by atoms with Crippen molar-refractivity contribution < 1.29 is 10.0 Å². The SMILES string of the molecule is Cc1ccc(C(C)CN(O)C(N)=O)s1. The van der Waals surface area contributed by atoms with E-state index < -0.39 is 6.03 Å². The molecule has 1 heterocycles. The van der Waals surface area contributed by atoms with E-state index in [0.29, 0.717) is 5.06 Å². The van der Waals surface area contributed by atoms with Gasteiger partial charge in [0.25, 0.3) is 0 Å². The van der Waals surface area contributed by atoms with Gasteiger partial charge >= 0.3 is 6.03 Å². The van der Waals surface area contributed by atoms with E-state index in [2.05, 4.69) is 0 Å². The van der Waals surface area contributed by atoms with Gasteiger partial charge in [0.1, 0.15) is 0 Å². The average Bonchev–Trinajstić information content (AvgIpc) is 2.51. The summed E-state index contributed by atoms with van der Waals surface area (Å²) in [6, 6.07) is 3.20. The molecule has 1 unspecified atom stereocenters. The largest absolute Gasteiger partial charge is 0.350 e. The van der Waals surface area contributed by atoms with Gasteiger partial charge in [-0.2, -0.15) is 0 Å². The van der Waals surface area contributed by atoms with Gasteiger partial charge in [-0.25, -0.2) is 9.86 Å². The highest BCUT2D eigenvalue weighted by molar-refractivity contribution is 7.12. The summed E-state index contributed by atoms with van der Waals surface area (Å²) in [6.07, 6.45) is 0. The molecular weight excluding hydrogens is 200 g/mol. The van der Waals surface area contributed by atoms with Crippen molar-refractivity contribution in [3.05, 3.63) is 21.9 Å². The van der Waals surface area contributed by atoms with Gasteiger partial charge in [-0.3, -0.25) is 5.21 Å². The molecule has 0 saturated carbocycles. The first-order valence-corrected chi connectivity index (χ1v) is 5.14. The van der Waals surface area contributed by atoms with Crippen molar-refractivity contribution in [2.45, 2.75) is 19.8 Å². The summed E-state index contributed by atoms with van der Waals surface area (Å²) in [5, 5.41) is 9.67. The Morgan fingerprint density at radius 1 is 1.71 bits per heavy atom. The summed E-state index contributed by atoms with van der Waals surface area (Å²) in [6.45, 7) is 4.19. The van der Waals surface area contributed by atoms with Gasteiger partial charge in [-0.05, 0) is 19.1 Å². The van der Waals surface area contributed by atoms with Crippen LogP contribution in [0.2, 0.25) is 0 Å². The normalized spacial score (nSPS) is 12.5. The summed E-state index contributed by atoms with van der Waals surface area (Å²) < 4.78 is 0. The molecule has 0 spiro atoms. The highest BCUT2D eigenvalue weighted by Crippen LogP contribution is 2.24. The molecule has 14 heavy (non-hydrogen) atoms. The summed E-state index contributed by atoms with van der Waals surface area (Å²) in [5.74, 6) is 0.103. The molecule has 0 aliphatic carbocycles. The van der Waals surface area contributed by atoms with Crippen LogP contribution < -0.4 is 5.73 Å². The highest BCUT2D eigenvalue weighted by atomic mass is 32.1. The van der Waals surface area contributed by atoms with Crippen molar-refractivity contribution in [1.29, 1.82) is 0 Å². The number of hydrogen-bond donors (Lipinski definition) is 2. The van der Waals surface area contributed by atoms with E-state index in [9.17, 15) is 4.79 Å². The number of amides is 2. The average molecular weight is 214 g/mol. The predicted molar refractivity (Wildman–Crippen MR) is 55.5 cm³/mol. The molecule has 1 rings (SSSR count). The van der Waals surface area contributed by atoms with E-state index in [-0.39, 0.29) is 12.5 Å². The fourth-order valence-electron chi connectivity index (χ4n) is 1.16. The lowest BCUT2D eigenvalue weighted by Crippen LogP contribution is -2.35. The van der Waals surface area contributed by atoms with Crippen LogP contribution in [0.25, 0.3) is 0 Å². The second-order valence-electron chi connectivity index (χ2n) is 3.27. The van der Waals surface area contributed by atoms with Gasteiger partial charge in [0.2, 0.25) is 0 Å². The summed E-state index contributed by atoms with van der Waals surface area (Å²) >= 11 is 1.66. The monoisotopic (exact) mass is 214 g/mol. The Kier molecular flexibility index (Phi) is 3.49. The van der Waals surface area contributed by atoms with Crippen LogP contribution in [0.5, 0.6) is 0 Å². The van der Waals surface area contributed by atoms with Gasteiger partial charge in [-0.15, -0.1) is 11.3 Å². The van der Waals surface area contributed by atoms with E-state index in [1.54, 1.807) is 11.3 Å². The fraction of sp³-hybridized carbons (Fsp3) is 0.444. The number of aryl methyl sites for hydroxylation is 1. The molecule has 0 bridgehead atoms. The standard InChI is InChI=1S/C9H14N2O2S/c1-6(5-11(13)9(10)12)8-4-3-7(2)14-8/h3-4,6,13H,5H2,1-2H3,(H2,10,12). The van der Waals surface area contributed by atoms with E-state index >= 15 is 0 Å². The Morgan fingerprint density at radius 3 is 2.79 bits per heavy atom. The zero-order valence-electron chi connectivity index (χ0n) is 8.23. The minimum atomic E-state index is -0.815. The molecule has 0 radical (unpaired) electrons. The van der Waals surface area contributed by atoms with Crippen LogP contribution in [0.15, 0.2) is 12.1 Å². The van der Waals surface area contributed by atoms with Crippen LogP contribution in [-0.4, -0.2) is 22.8 Å². The third-order valence-electron chi connectivity index (χ3n) is 1.95. The van der Waals surface area contributed by atoms with Crippen molar-refractivity contribution >= 4 is 17.4 Å². The van der Waals surface area contributed by atoms with Gasteiger partial charge in [0.05, 0.1) is 6.54 Å². The maximum atomic E-state index is 10.6. The molecule has 0 saturated heterocycles. The Bertz CT molecular complexity index is 324. The second-order valence-corrected chi connectivity index (χ2v) is 4.59. The Hall–Kier alpha value is -1.07. The number of hydroxylamine groups is 2. The lowest BCUT2D eigenvalue weighted by Gasteiger charge is -2.16. The molecule has 0 fully saturated rings. The van der Waals surface area contributed by atoms with E-state index in [4.69, 9.17) is 10.9 Å². The molecule has 4 nitrogen and oxygen atoms in total. The highest BCUT2D eigenvalue weighted by Gasteiger charge is 2.14. The van der Waals surface area contributed by atoms with Crippen molar-refractivity contribution in [2.24, 2.45) is 5.73 Å². The van der Waals surface area contributed by atoms with Gasteiger partial charge < -0.3 is 5.73 Å². The number of carbonyl (C=O) groups is 1. The molecular formula is C9H14N2O2S. The number of carbonyl (C=O) groups excluding carboxylic acids is 1. The molecule has 3 N–H and O–H groups in total. The summed E-state index contributed by atoms with van der Waals surface area (Å²) in [5.41, 5.74) is 4.91. The van der Waals surface area contributed by atoms with Crippen molar-refractivity contribution in [2.75, 3.05) is 6.54 Å². The molecule has 1 atom stereocenters. The smallest absolute Gasteiger partial charge is 0.338 e. The Morgan fingerprint density at radius 2 is 2.36 bits per heavy atom. The summed E-state index contributed by atoms with van der Waals surface area (Å²) in [7, 11) is 0. The van der Waals surface area contributed by atoms with E-state index in [0.717, 1.165) is 4.88 Å². The molecule has 0 aliphatic rings. The van der Waals surface area contributed by atoms with E-state index in [1.807, 2.05) is 26.0 Å². The number of hydrogen-bond acceptors (Lipinski definition) is 3. The first-order valence-electron chi connectivity index (χ1n) is 4.33. The topological polar surface area (TPSA) is 66.6 Å². The van der Waals surface area contributed by atoms with Crippen LogP contribution in [0.3, 0.4) is 0 Å². The molecule has 78 valence electrons. The molecule has 1 aromatic rings. The number of rotatable bonds is 3. The Balaban J connectivity index is 2.58. The molecule has 0 aliphatic heterocycles. The fourth-order valence-corrected chi connectivity index (χ4v) is 2.08. The first kappa shape index (κ1) is 11.0. The maximum Gasteiger partial charge on any atom is 0.338 e. The number of nitrogens with two attached hydrogens (primary N) is 1. The number of urea groups is 1. The third kappa shape index (κ3) is 2.71. The predicted octanol–water partition coefficient (Wildman–Crippen LogP) is 1.93. The molecule has 2 amide bonds. The van der Waals surface area contributed by atoms with Crippen LogP contribution in [0.4, 0.5) is 4.79 Å². The minimum absolute atomic E-state index is 0.103. The number of thiophene rings is 1. The van der Waals surface area contributed by atoms with Crippen LogP contribution in [0.1, 0.15) is 22.6 Å². The van der Waals surface area contributed by atoms with E-state index in [1.165, 1.54) is 4.88 Å². The molecule has 5 heteroatoms. The van der Waals surface area contributed by atoms with Crippen molar-refractivity contribution in [3.8, 4) is 0 Å². The van der Waals surface area contributed by atoms with Gasteiger partial charge in [0, 0.05) is 15.7 Å². The number of nitrogens with zero attached hydrogens (tertiary/aromatic N) is 1. The maximum absolute atomic E-state index is 10.6. The quantitative estimate of drug-likeness (QED) is 0.596. The number of primary amides is 1. The van der Waals surface area contributed by atoms with Crippen molar-refractivity contribution in [3.63, 3.8) is 0 Å². The third-order valence-corrected chi connectivity index (χ3v) is 3.18. The van der Waals surface area contributed by atoms with Crippen molar-refractivity contribution in [1.82, 2.24) is 5.06 Å². The van der Waals surface area contributed by atoms with Crippen LogP contribution in [0, 0.1) is 6.92 Å². The van der Waals surface area contributed by atoms with Gasteiger partial charge in [-0.1, -0.05) is 6.92 Å². The molecule has 1 aromatic heterocycles. The van der Waals surface area contributed by atoms with Crippen LogP contribution >= 0.6 is 11.3 Å². The lowest BCUT2D eigenvalue weighted by molar-refractivity contribution is -0.0425. The second kappa shape index (κ2) is 4.43. The molecule has 0 aromatic carbocycles. The minimum Gasteiger partial charge on any atom is -0.350 e. The van der Waals surface area contributed by atoms with Gasteiger partial charge in [0.15, 0.2) is 0 Å². The lowest BCUT2D eigenvalue weighted by atomic mass is 10.1.